The van der Waals surface area contributed by atoms with Gasteiger partial charge in [-0.1, -0.05) is 72.8 Å². The van der Waals surface area contributed by atoms with E-state index in [0.717, 1.165) is 22.2 Å². The van der Waals surface area contributed by atoms with Gasteiger partial charge in [-0.3, -0.25) is 57.5 Å². The largest absolute Gasteiger partial charge is 0.497 e. The number of carbonyl (C=O) groups excluding carboxylic acids is 12. The number of aliphatic hydroxyl groups is 1. The van der Waals surface area contributed by atoms with E-state index in [2.05, 4.69) is 31.9 Å². The molecule has 4 aromatic carbocycles. The number of carbonyl (C=O) groups is 12. The molecule has 2 fully saturated rings. The van der Waals surface area contributed by atoms with E-state index in [1.54, 1.807) is 72.6 Å². The summed E-state index contributed by atoms with van der Waals surface area (Å²) in [7, 11) is 7.65. The van der Waals surface area contributed by atoms with Crippen molar-refractivity contribution in [1.82, 2.24) is 51.2 Å². The molecule has 628 valence electrons. The Morgan fingerprint density at radius 2 is 1.47 bits per heavy atom. The third-order valence-corrected chi connectivity index (χ3v) is 22.3. The second-order valence-electron chi connectivity index (χ2n) is 32.2. The molecule has 11 rings (SSSR count). The number of likely N-dealkylation sites (N-methyl/N-ethyl adjacent to an activating group) is 1. The summed E-state index contributed by atoms with van der Waals surface area (Å²) in [6.07, 6.45) is 3.08. The normalized spacial score (nSPS) is 24.4. The number of aryl methyl sites for hydroxylation is 1. The second-order valence-corrected chi connectivity index (χ2v) is 32.2. The Kier molecular flexibility index (Phi) is 32.7. The molecule has 0 aliphatic carbocycles. The number of methoxy groups -OCH3 is 1. The highest BCUT2D eigenvalue weighted by atomic mass is 19.1. The van der Waals surface area contributed by atoms with Gasteiger partial charge in [0, 0.05) is 114 Å². The standard InChI is InChI=1S/C86H112FN11O17.CH3/c1-55-80(106)91-69-45-60-16-12-17-61(43-60)50-88-76(104)54-115-73-31-37-96-79(73)83(109)93-78(56(2)99)82(108)92-70(44-58-23-27-67(112-7)28-24-58)85(111)97-36-14-33-86(97,3)74(102)18-13-15-57-19-21-59(22-20-57)52-95(35-11-9-8-10-34-94-53-64(46-62(84(96)110)48-72(69)101)68-49-65(87)25-29-71(68)94)77(105)30-26-66(100)47-63(81(107)90-55)51-89-75(103)32-39-113-41-42-114-40-38-98(4,5)6;/h8,10,12,16-17,19-25,27-29,43,49,53,55-56,62-63,69-70,73,78-79,99H,9,11,13-15,18,26,30-42,44-48,50-52,54H2,1-7H3,(H5-,88,89,90,91,92,93,103,104,106,107,108,109);1H3/q;-1/p+1/t55-,56-,62-,63+,69+,70+,73+,78+,79+,86+;/m1./s1. The number of hydrogen-bond donors (Lipinski definition) is 7. The van der Waals surface area contributed by atoms with E-state index in [-0.39, 0.29) is 130 Å². The van der Waals surface area contributed by atoms with Crippen LogP contribution in [-0.2, 0) is 117 Å². The first-order chi connectivity index (χ1) is 55.0. The number of fused-ring (bicyclic) bond motifs is 16. The predicted molar refractivity (Wildman–Crippen MR) is 431 cm³/mol. The van der Waals surface area contributed by atoms with Crippen LogP contribution in [0.25, 0.3) is 10.9 Å². The van der Waals surface area contributed by atoms with Crippen molar-refractivity contribution < 1.29 is 90.5 Å². The fraction of sp³-hybridized carbons (Fsp3) is 0.529. The lowest BCUT2D eigenvalue weighted by Crippen LogP contribution is -2.62. The molecule has 7 heterocycles. The number of amides is 9. The number of ether oxygens (including phenoxy) is 4. The molecule has 1 aromatic heterocycles. The number of nitrogens with one attached hydrogen (secondary N) is 6. The van der Waals surface area contributed by atoms with Crippen LogP contribution in [0.4, 0.5) is 4.39 Å². The van der Waals surface area contributed by atoms with Crippen LogP contribution in [0.15, 0.2) is 109 Å². The second kappa shape index (κ2) is 42.2. The quantitative estimate of drug-likeness (QED) is 0.0311. The molecule has 10 atom stereocenters. The first kappa shape index (κ1) is 89.9. The van der Waals surface area contributed by atoms with Crippen LogP contribution in [0.2, 0.25) is 0 Å². The summed E-state index contributed by atoms with van der Waals surface area (Å²) in [5.41, 5.74) is 3.05. The Morgan fingerprint density at radius 3 is 2.22 bits per heavy atom. The summed E-state index contributed by atoms with van der Waals surface area (Å²) in [5.74, 6) is -10.7. The third kappa shape index (κ3) is 25.0. The number of benzene rings is 4. The van der Waals surface area contributed by atoms with E-state index >= 15 is 28.4 Å². The van der Waals surface area contributed by atoms with Gasteiger partial charge in [0.25, 0.3) is 0 Å². The van der Waals surface area contributed by atoms with Crippen molar-refractivity contribution in [1.29, 1.82) is 0 Å². The summed E-state index contributed by atoms with van der Waals surface area (Å²) in [6, 6.07) is 17.8. The van der Waals surface area contributed by atoms with Gasteiger partial charge in [-0.05, 0) is 142 Å². The van der Waals surface area contributed by atoms with Gasteiger partial charge in [0.2, 0.25) is 53.2 Å². The van der Waals surface area contributed by atoms with Crippen molar-refractivity contribution in [2.24, 2.45) is 11.8 Å². The predicted octanol–water partition coefficient (Wildman–Crippen LogP) is 5.06. The summed E-state index contributed by atoms with van der Waals surface area (Å²) in [4.78, 5) is 183. The number of aromatic nitrogens is 1. The Bertz CT molecular complexity index is 4330. The fourth-order valence-electron chi connectivity index (χ4n) is 15.6. The number of quaternary nitrogens is 1. The third-order valence-electron chi connectivity index (χ3n) is 22.3. The average molecular weight is 1610 g/mol. The summed E-state index contributed by atoms with van der Waals surface area (Å²) < 4.78 is 41.5. The van der Waals surface area contributed by atoms with Crippen molar-refractivity contribution in [3.63, 3.8) is 0 Å². The number of rotatable bonds is 15. The zero-order chi connectivity index (χ0) is 82.5. The molecule has 116 heavy (non-hydrogen) atoms. The van der Waals surface area contributed by atoms with Crippen LogP contribution in [0.3, 0.4) is 0 Å². The van der Waals surface area contributed by atoms with Crippen molar-refractivity contribution in [2.75, 3.05) is 94.0 Å². The molecule has 5 aromatic rings. The molecule has 0 spiro atoms. The van der Waals surface area contributed by atoms with Gasteiger partial charge >= 0.3 is 0 Å². The van der Waals surface area contributed by atoms with Gasteiger partial charge < -0.3 is 87.1 Å². The molecule has 28 nitrogen and oxygen atoms in total. The number of aliphatic hydroxyl groups excluding tert-OH is 1. The molecule has 0 saturated carbocycles. The minimum absolute atomic E-state index is 0. The first-order valence-corrected chi connectivity index (χ1v) is 40.2. The Morgan fingerprint density at radius 1 is 0.733 bits per heavy atom. The van der Waals surface area contributed by atoms with Crippen LogP contribution < -0.4 is 36.6 Å². The Balaban J connectivity index is 0.0000154. The molecule has 6 aliphatic heterocycles. The number of nitrogens with zero attached hydrogens (tertiary/aromatic N) is 5. The van der Waals surface area contributed by atoms with E-state index in [0.29, 0.717) is 90.6 Å². The van der Waals surface area contributed by atoms with Gasteiger partial charge in [-0.15, -0.1) is 0 Å². The van der Waals surface area contributed by atoms with E-state index in [4.69, 9.17) is 18.9 Å². The summed E-state index contributed by atoms with van der Waals surface area (Å²) in [5, 5.41) is 28.7. The number of halogens is 1. The molecule has 29 heteroatoms. The minimum Gasteiger partial charge on any atom is -0.497 e. The smallest absolute Gasteiger partial charge is 0.246 e. The van der Waals surface area contributed by atoms with Crippen molar-refractivity contribution in [3.05, 3.63) is 156 Å². The molecular formula is C87H116FN11O17. The van der Waals surface area contributed by atoms with E-state index in [1.807, 2.05) is 62.1 Å². The van der Waals surface area contributed by atoms with E-state index in [1.165, 1.54) is 42.9 Å². The molecule has 6 aliphatic rings. The highest BCUT2D eigenvalue weighted by molar-refractivity contribution is 6.00. The van der Waals surface area contributed by atoms with Crippen LogP contribution >= 0.6 is 0 Å². The van der Waals surface area contributed by atoms with Crippen LogP contribution in [0.1, 0.15) is 131 Å². The molecule has 9 amide bonds. The van der Waals surface area contributed by atoms with E-state index in [9.17, 15) is 38.7 Å². The number of ketones is 3. The van der Waals surface area contributed by atoms with Crippen LogP contribution in [-0.4, -0.2) is 241 Å². The lowest BCUT2D eigenvalue weighted by Gasteiger charge is -2.37. The summed E-state index contributed by atoms with van der Waals surface area (Å²) >= 11 is 0. The summed E-state index contributed by atoms with van der Waals surface area (Å²) in [6.45, 7) is 5.80. The topological polar surface area (TPSA) is 349 Å². The number of Topliss-reactive ketones (excluding diaryl/α,β-unsaturated/α-hetero) is 3. The molecule has 0 radical (unpaired) electrons. The zero-order valence-electron chi connectivity index (χ0n) is 68.2. The molecular weight excluding hydrogens is 1490 g/mol. The highest BCUT2D eigenvalue weighted by Gasteiger charge is 2.49. The van der Waals surface area contributed by atoms with Gasteiger partial charge in [0.05, 0.1) is 84.4 Å². The van der Waals surface area contributed by atoms with E-state index < -0.39 is 144 Å². The Hall–Kier alpha value is -10.1. The molecule has 0 unspecified atom stereocenters. The van der Waals surface area contributed by atoms with Gasteiger partial charge in [-0.25, -0.2) is 4.39 Å². The maximum absolute atomic E-state index is 16.2. The van der Waals surface area contributed by atoms with Gasteiger partial charge in [0.1, 0.15) is 54.7 Å². The van der Waals surface area contributed by atoms with Crippen molar-refractivity contribution >= 4 is 81.4 Å². The lowest BCUT2D eigenvalue weighted by molar-refractivity contribution is -0.870. The minimum atomic E-state index is -1.83. The van der Waals surface area contributed by atoms with Gasteiger partial charge in [0.15, 0.2) is 11.6 Å². The Labute approximate surface area is 678 Å². The first-order valence-electron chi connectivity index (χ1n) is 40.2. The average Bonchev–Trinajstić information content (AvgIpc) is 1.59. The number of hydrogen-bond acceptors (Lipinski definition) is 17. The molecule has 7 N–H and O–H groups in total. The van der Waals surface area contributed by atoms with Crippen molar-refractivity contribution in [3.8, 4) is 5.75 Å². The lowest BCUT2D eigenvalue weighted by atomic mass is 9.88. The maximum atomic E-state index is 16.2. The number of allylic oxidation sites excluding steroid dienone is 2. The van der Waals surface area contributed by atoms with Crippen molar-refractivity contribution in [2.45, 2.75) is 191 Å². The zero-order valence-corrected chi connectivity index (χ0v) is 68.2. The highest BCUT2D eigenvalue weighted by Crippen LogP contribution is 2.35. The monoisotopic (exact) mass is 1610 g/mol. The van der Waals surface area contributed by atoms with Crippen LogP contribution in [0.5, 0.6) is 5.75 Å². The molecule has 12 bridgehead atoms. The molecule has 2 saturated heterocycles. The van der Waals surface area contributed by atoms with Gasteiger partial charge in [-0.2, -0.15) is 0 Å². The van der Waals surface area contributed by atoms with Crippen LogP contribution in [0, 0.1) is 25.1 Å². The fourth-order valence-corrected chi connectivity index (χ4v) is 15.6. The SMILES string of the molecule is COc1ccc(C[C@@H]2NC(=O)[C@H]([C@@H](C)O)NC(=O)[C@@H]3[C@@H]4CCN3C(=O)[C@H]3CC(=O)[C@H](Cc5cccc(c5)CNC(=O)CO4)NC(=O)[C@@H](C)NC(=O)[C@H](CNC(=O)CCOCCOCC[N+](C)(C)C)CC(=O)CCC(=O)N(CCCC=CCn4cc(c5cc(F)ccc54)C3)Cc3ccc(cc3)CCCC(=O)[C@]3(C)CCCN3C2=O)cc1.[CH3-]. The maximum Gasteiger partial charge on any atom is 0.246 e.